The lowest BCUT2D eigenvalue weighted by atomic mass is 10.2. The van der Waals surface area contributed by atoms with Crippen LogP contribution in [0.25, 0.3) is 10.8 Å². The van der Waals surface area contributed by atoms with Gasteiger partial charge in [-0.05, 0) is 55.0 Å². The fourth-order valence-electron chi connectivity index (χ4n) is 3.16. The molecule has 1 unspecified atom stereocenters. The number of aryl methyl sites for hydroxylation is 1. The molecule has 3 N–H and O–H groups in total. The number of nitrogens with zero attached hydrogens (tertiary/aromatic N) is 2. The van der Waals surface area contributed by atoms with Gasteiger partial charge in [-0.2, -0.15) is 0 Å². The topological polar surface area (TPSA) is 91.9 Å². The summed E-state index contributed by atoms with van der Waals surface area (Å²) in [5.74, 6) is 1.90. The second kappa shape index (κ2) is 7.13. The van der Waals surface area contributed by atoms with Gasteiger partial charge in [-0.25, -0.2) is 9.97 Å². The Kier molecular flexibility index (Phi) is 4.53. The first-order valence-electron chi connectivity index (χ1n) is 8.76. The van der Waals surface area contributed by atoms with Gasteiger partial charge in [0.05, 0.1) is 11.5 Å². The van der Waals surface area contributed by atoms with Crippen LogP contribution in [0.3, 0.4) is 0 Å². The molecule has 0 spiro atoms. The number of pyridine rings is 3. The molecule has 1 aliphatic heterocycles. The number of aromatic nitrogens is 3. The fraction of sp³-hybridized carbons (Fsp3) is 0.316. The highest BCUT2D eigenvalue weighted by atomic mass is 16.5. The third-order valence-corrected chi connectivity index (χ3v) is 4.45. The van der Waals surface area contributed by atoms with E-state index in [1.165, 1.54) is 0 Å². The first-order valence-corrected chi connectivity index (χ1v) is 8.76. The first kappa shape index (κ1) is 16.5. The van der Waals surface area contributed by atoms with Gasteiger partial charge in [-0.1, -0.05) is 0 Å². The van der Waals surface area contributed by atoms with Crippen LogP contribution in [0.15, 0.2) is 41.5 Å². The van der Waals surface area contributed by atoms with E-state index in [2.05, 4.69) is 25.6 Å². The normalized spacial score (nSPS) is 16.7. The van der Waals surface area contributed by atoms with E-state index in [0.29, 0.717) is 29.4 Å². The molecule has 1 saturated heterocycles. The molecule has 7 heteroatoms. The Labute approximate surface area is 150 Å². The van der Waals surface area contributed by atoms with Crippen molar-refractivity contribution in [1.29, 1.82) is 0 Å². The van der Waals surface area contributed by atoms with Crippen molar-refractivity contribution in [3.05, 3.63) is 52.6 Å². The van der Waals surface area contributed by atoms with Gasteiger partial charge in [0.15, 0.2) is 0 Å². The van der Waals surface area contributed by atoms with Crippen LogP contribution in [0.2, 0.25) is 0 Å². The van der Waals surface area contributed by atoms with Crippen LogP contribution in [0.4, 0.5) is 17.5 Å². The molecule has 1 aliphatic rings. The zero-order chi connectivity index (χ0) is 17.9. The second-order valence-corrected chi connectivity index (χ2v) is 6.49. The average molecular weight is 351 g/mol. The maximum Gasteiger partial charge on any atom is 0.259 e. The molecule has 3 aromatic rings. The second-order valence-electron chi connectivity index (χ2n) is 6.49. The highest BCUT2D eigenvalue weighted by molar-refractivity contribution is 5.93. The van der Waals surface area contributed by atoms with Crippen molar-refractivity contribution in [2.45, 2.75) is 25.9 Å². The zero-order valence-corrected chi connectivity index (χ0v) is 14.6. The molecule has 1 fully saturated rings. The summed E-state index contributed by atoms with van der Waals surface area (Å²) in [6.07, 6.45) is 5.64. The van der Waals surface area contributed by atoms with Gasteiger partial charge in [0.2, 0.25) is 0 Å². The number of hydrogen-bond acceptors (Lipinski definition) is 6. The molecule has 26 heavy (non-hydrogen) atoms. The quantitative estimate of drug-likeness (QED) is 0.654. The Bertz CT molecular complexity index is 979. The smallest absolute Gasteiger partial charge is 0.259 e. The number of nitrogens with one attached hydrogen (secondary N) is 3. The molecular weight excluding hydrogens is 330 g/mol. The SMILES string of the molecule is Cc1ccnc(Nc2cc3cc[nH]c(=O)c3c(NCC3CCCO3)n2)c1. The molecular formula is C19H21N5O2. The molecule has 0 aromatic carbocycles. The molecule has 0 amide bonds. The van der Waals surface area contributed by atoms with Crippen LogP contribution >= 0.6 is 0 Å². The third kappa shape index (κ3) is 3.52. The van der Waals surface area contributed by atoms with Crippen molar-refractivity contribution in [2.75, 3.05) is 23.8 Å². The predicted octanol–water partition coefficient (Wildman–Crippen LogP) is 2.96. The predicted molar refractivity (Wildman–Crippen MR) is 102 cm³/mol. The van der Waals surface area contributed by atoms with Crippen LogP contribution in [0, 0.1) is 6.92 Å². The Morgan fingerprint density at radius 2 is 2.23 bits per heavy atom. The lowest BCUT2D eigenvalue weighted by Gasteiger charge is -2.14. The van der Waals surface area contributed by atoms with Crippen molar-refractivity contribution in [3.63, 3.8) is 0 Å². The van der Waals surface area contributed by atoms with Crippen LogP contribution < -0.4 is 16.2 Å². The Hall–Kier alpha value is -2.93. The zero-order valence-electron chi connectivity index (χ0n) is 14.6. The number of rotatable bonds is 5. The van der Waals surface area contributed by atoms with Gasteiger partial charge in [-0.15, -0.1) is 0 Å². The summed E-state index contributed by atoms with van der Waals surface area (Å²) in [5, 5.41) is 7.87. The molecule has 0 radical (unpaired) electrons. The number of hydrogen-bond donors (Lipinski definition) is 3. The minimum atomic E-state index is -0.162. The maximum atomic E-state index is 12.3. The van der Waals surface area contributed by atoms with Gasteiger partial charge in [-0.3, -0.25) is 4.79 Å². The minimum absolute atomic E-state index is 0.157. The molecule has 0 saturated carbocycles. The lowest BCUT2D eigenvalue weighted by Crippen LogP contribution is -2.20. The van der Waals surface area contributed by atoms with E-state index >= 15 is 0 Å². The maximum absolute atomic E-state index is 12.3. The van der Waals surface area contributed by atoms with Crippen LogP contribution in [0.1, 0.15) is 18.4 Å². The first-order chi connectivity index (χ1) is 12.7. The molecule has 7 nitrogen and oxygen atoms in total. The minimum Gasteiger partial charge on any atom is -0.376 e. The van der Waals surface area contributed by atoms with Crippen molar-refractivity contribution >= 4 is 28.2 Å². The third-order valence-electron chi connectivity index (χ3n) is 4.45. The van der Waals surface area contributed by atoms with E-state index in [9.17, 15) is 4.79 Å². The van der Waals surface area contributed by atoms with Crippen LogP contribution in [0.5, 0.6) is 0 Å². The van der Waals surface area contributed by atoms with Gasteiger partial charge < -0.3 is 20.4 Å². The van der Waals surface area contributed by atoms with E-state index in [4.69, 9.17) is 4.74 Å². The molecule has 4 rings (SSSR count). The van der Waals surface area contributed by atoms with Crippen molar-refractivity contribution in [3.8, 4) is 0 Å². The summed E-state index contributed by atoms with van der Waals surface area (Å²) in [6, 6.07) is 7.60. The molecule has 4 heterocycles. The lowest BCUT2D eigenvalue weighted by molar-refractivity contribution is 0.120. The van der Waals surface area contributed by atoms with Crippen LogP contribution in [-0.4, -0.2) is 34.2 Å². The van der Waals surface area contributed by atoms with Gasteiger partial charge >= 0.3 is 0 Å². The van der Waals surface area contributed by atoms with Gasteiger partial charge in [0.1, 0.15) is 17.5 Å². The number of anilines is 3. The molecule has 3 aromatic heterocycles. The Morgan fingerprint density at radius 1 is 1.31 bits per heavy atom. The highest BCUT2D eigenvalue weighted by Gasteiger charge is 2.17. The monoisotopic (exact) mass is 351 g/mol. The Morgan fingerprint density at radius 3 is 3.04 bits per heavy atom. The summed E-state index contributed by atoms with van der Waals surface area (Å²) in [5.41, 5.74) is 0.946. The number of aromatic amines is 1. The van der Waals surface area contributed by atoms with Crippen molar-refractivity contribution in [2.24, 2.45) is 0 Å². The summed E-state index contributed by atoms with van der Waals surface area (Å²) in [4.78, 5) is 24.0. The van der Waals surface area contributed by atoms with E-state index < -0.39 is 0 Å². The largest absolute Gasteiger partial charge is 0.376 e. The van der Waals surface area contributed by atoms with E-state index in [0.717, 1.165) is 30.4 Å². The van der Waals surface area contributed by atoms with E-state index in [1.54, 1.807) is 12.4 Å². The molecule has 0 aliphatic carbocycles. The molecule has 0 bridgehead atoms. The fourth-order valence-corrected chi connectivity index (χ4v) is 3.16. The summed E-state index contributed by atoms with van der Waals surface area (Å²) in [6.45, 7) is 3.43. The number of H-pyrrole nitrogens is 1. The van der Waals surface area contributed by atoms with E-state index in [1.807, 2.05) is 31.2 Å². The molecule has 134 valence electrons. The summed E-state index contributed by atoms with van der Waals surface area (Å²) in [7, 11) is 0. The summed E-state index contributed by atoms with van der Waals surface area (Å²) >= 11 is 0. The average Bonchev–Trinajstić information content (AvgIpc) is 3.13. The van der Waals surface area contributed by atoms with Crippen molar-refractivity contribution in [1.82, 2.24) is 15.0 Å². The molecule has 1 atom stereocenters. The van der Waals surface area contributed by atoms with Gasteiger partial charge in [0.25, 0.3) is 5.56 Å². The highest BCUT2D eigenvalue weighted by Crippen LogP contribution is 2.24. The summed E-state index contributed by atoms with van der Waals surface area (Å²) < 4.78 is 5.65. The Balaban J connectivity index is 1.68. The standard InChI is InChI=1S/C19H21N5O2/c1-12-4-6-20-15(9-12)23-16-10-13-5-7-21-19(25)17(13)18(24-16)22-11-14-3-2-8-26-14/h4-7,9-10,14H,2-3,8,11H2,1H3,(H,21,25)(H2,20,22,23,24). The van der Waals surface area contributed by atoms with E-state index in [-0.39, 0.29) is 11.7 Å². The van der Waals surface area contributed by atoms with Crippen LogP contribution in [-0.2, 0) is 4.74 Å². The van der Waals surface area contributed by atoms with Crippen molar-refractivity contribution < 1.29 is 4.74 Å². The number of fused-ring (bicyclic) bond motifs is 1. The number of ether oxygens (including phenoxy) is 1. The van der Waals surface area contributed by atoms with Gasteiger partial charge in [0, 0.05) is 25.5 Å².